The van der Waals surface area contributed by atoms with Gasteiger partial charge in [0.25, 0.3) is 0 Å². The summed E-state index contributed by atoms with van der Waals surface area (Å²) >= 11 is 0. The van der Waals surface area contributed by atoms with Crippen molar-refractivity contribution in [1.29, 1.82) is 0 Å². The van der Waals surface area contributed by atoms with Gasteiger partial charge in [-0.3, -0.25) is 0 Å². The first kappa shape index (κ1) is 6.39. The third-order valence-electron chi connectivity index (χ3n) is 1.21. The van der Waals surface area contributed by atoms with Crippen LogP contribution >= 0.6 is 0 Å². The highest BCUT2D eigenvalue weighted by Gasteiger charge is 2.29. The summed E-state index contributed by atoms with van der Waals surface area (Å²) < 4.78 is 4.87. The fraction of sp³-hybridized carbons (Fsp3) is 0.833. The van der Waals surface area contributed by atoms with Crippen LogP contribution in [0.1, 0.15) is 20.3 Å². The number of hydrogen-bond donors (Lipinski definition) is 0. The molecule has 0 unspecified atom stereocenters. The molecule has 0 aliphatic carbocycles. The highest BCUT2D eigenvalue weighted by Crippen LogP contribution is 2.21. The van der Waals surface area contributed by atoms with E-state index in [0.29, 0.717) is 5.90 Å². The van der Waals surface area contributed by atoms with Gasteiger partial charge in [-0.2, -0.15) is 0 Å². The van der Waals surface area contributed by atoms with Crippen LogP contribution in [0.5, 0.6) is 0 Å². The summed E-state index contributed by atoms with van der Waals surface area (Å²) in [6, 6.07) is 0. The van der Waals surface area contributed by atoms with Crippen LogP contribution in [0.2, 0.25) is 0 Å². The first-order valence-electron chi connectivity index (χ1n) is 2.93. The largest absolute Gasteiger partial charge is 0.482 e. The molecule has 3 heteroatoms. The highest BCUT2D eigenvalue weighted by molar-refractivity contribution is 5.77. The van der Waals surface area contributed by atoms with Crippen molar-refractivity contribution in [2.75, 3.05) is 7.11 Å². The Morgan fingerprint density at radius 3 is 2.56 bits per heavy atom. The van der Waals surface area contributed by atoms with Gasteiger partial charge in [0.1, 0.15) is 5.60 Å². The van der Waals surface area contributed by atoms with Crippen molar-refractivity contribution in [1.82, 2.24) is 0 Å². The van der Waals surface area contributed by atoms with Crippen molar-refractivity contribution in [3.8, 4) is 0 Å². The van der Waals surface area contributed by atoms with Gasteiger partial charge in [-0.25, -0.2) is 0 Å². The van der Waals surface area contributed by atoms with Gasteiger partial charge in [-0.1, -0.05) is 5.16 Å². The summed E-state index contributed by atoms with van der Waals surface area (Å²) in [5.74, 6) is 0.681. The molecule has 0 aromatic rings. The number of ether oxygens (including phenoxy) is 1. The summed E-state index contributed by atoms with van der Waals surface area (Å²) in [5, 5.41) is 3.70. The molecule has 52 valence electrons. The molecule has 0 spiro atoms. The van der Waals surface area contributed by atoms with Crippen LogP contribution in [-0.2, 0) is 9.57 Å². The lowest BCUT2D eigenvalue weighted by Gasteiger charge is -2.12. The molecule has 9 heavy (non-hydrogen) atoms. The zero-order chi connectivity index (χ0) is 6.91. The van der Waals surface area contributed by atoms with Crippen molar-refractivity contribution in [3.05, 3.63) is 0 Å². The van der Waals surface area contributed by atoms with E-state index in [1.807, 2.05) is 13.8 Å². The molecule has 0 N–H and O–H groups in total. The van der Waals surface area contributed by atoms with Crippen LogP contribution < -0.4 is 0 Å². The first-order chi connectivity index (χ1) is 4.14. The number of nitrogens with zero attached hydrogens (tertiary/aromatic N) is 1. The molecule has 1 rings (SSSR count). The Bertz CT molecular complexity index is 140. The summed E-state index contributed by atoms with van der Waals surface area (Å²) in [6.07, 6.45) is 0.767. The van der Waals surface area contributed by atoms with Crippen LogP contribution in [0, 0.1) is 0 Å². The highest BCUT2D eigenvalue weighted by atomic mass is 16.7. The van der Waals surface area contributed by atoms with E-state index in [0.717, 1.165) is 6.42 Å². The van der Waals surface area contributed by atoms with Gasteiger partial charge in [-0.15, -0.1) is 0 Å². The molecule has 1 aliphatic heterocycles. The Kier molecular flexibility index (Phi) is 1.35. The van der Waals surface area contributed by atoms with E-state index in [1.165, 1.54) is 0 Å². The third kappa shape index (κ3) is 1.34. The van der Waals surface area contributed by atoms with E-state index in [4.69, 9.17) is 9.57 Å². The Balaban J connectivity index is 2.50. The predicted octanol–water partition coefficient (Wildman–Crippen LogP) is 1.15. The van der Waals surface area contributed by atoms with E-state index in [-0.39, 0.29) is 5.60 Å². The van der Waals surface area contributed by atoms with Crippen molar-refractivity contribution in [3.63, 3.8) is 0 Å². The minimum atomic E-state index is -0.161. The minimum absolute atomic E-state index is 0.161. The smallest absolute Gasteiger partial charge is 0.229 e. The van der Waals surface area contributed by atoms with Gasteiger partial charge in [0, 0.05) is 0 Å². The number of methoxy groups -OCH3 is 1. The van der Waals surface area contributed by atoms with Gasteiger partial charge >= 0.3 is 0 Å². The van der Waals surface area contributed by atoms with Gasteiger partial charge in [0.05, 0.1) is 13.5 Å². The van der Waals surface area contributed by atoms with Gasteiger partial charge in [0.2, 0.25) is 5.90 Å². The monoisotopic (exact) mass is 129 g/mol. The predicted molar refractivity (Wildman–Crippen MR) is 34.2 cm³/mol. The van der Waals surface area contributed by atoms with E-state index < -0.39 is 0 Å². The molecule has 0 aromatic heterocycles. The van der Waals surface area contributed by atoms with Crippen molar-refractivity contribution < 1.29 is 9.57 Å². The van der Waals surface area contributed by atoms with Crippen molar-refractivity contribution in [2.45, 2.75) is 25.9 Å². The van der Waals surface area contributed by atoms with Crippen LogP contribution in [0.25, 0.3) is 0 Å². The molecule has 0 fully saturated rings. The topological polar surface area (TPSA) is 30.8 Å². The lowest BCUT2D eigenvalue weighted by molar-refractivity contribution is 0.0123. The standard InChI is InChI=1S/C6H11NO2/c1-6(2)4-5(8-3)7-9-6/h4H2,1-3H3. The molecule has 0 radical (unpaired) electrons. The minimum Gasteiger partial charge on any atom is -0.482 e. The first-order valence-corrected chi connectivity index (χ1v) is 2.93. The second-order valence-corrected chi connectivity index (χ2v) is 2.72. The number of rotatable bonds is 0. The average molecular weight is 129 g/mol. The maximum absolute atomic E-state index is 5.01. The quantitative estimate of drug-likeness (QED) is 0.491. The van der Waals surface area contributed by atoms with Crippen LogP contribution in [-0.4, -0.2) is 18.6 Å². The molecule has 0 saturated heterocycles. The van der Waals surface area contributed by atoms with Crippen LogP contribution in [0.4, 0.5) is 0 Å². The average Bonchev–Trinajstić information content (AvgIpc) is 2.10. The molecular weight excluding hydrogens is 118 g/mol. The Morgan fingerprint density at radius 2 is 2.33 bits per heavy atom. The lowest BCUT2D eigenvalue weighted by Crippen LogP contribution is -2.19. The van der Waals surface area contributed by atoms with E-state index in [1.54, 1.807) is 7.11 Å². The molecule has 3 nitrogen and oxygen atoms in total. The molecule has 0 atom stereocenters. The van der Waals surface area contributed by atoms with Crippen LogP contribution in [0.15, 0.2) is 5.16 Å². The van der Waals surface area contributed by atoms with E-state index >= 15 is 0 Å². The molecule has 0 aromatic carbocycles. The Hall–Kier alpha value is -0.730. The number of hydrogen-bond acceptors (Lipinski definition) is 3. The number of oxime groups is 1. The molecule has 0 bridgehead atoms. The van der Waals surface area contributed by atoms with Crippen molar-refractivity contribution in [2.24, 2.45) is 5.16 Å². The maximum atomic E-state index is 5.01. The molecular formula is C6H11NO2. The van der Waals surface area contributed by atoms with Crippen molar-refractivity contribution >= 4 is 5.90 Å². The second kappa shape index (κ2) is 1.90. The zero-order valence-electron chi connectivity index (χ0n) is 5.97. The summed E-state index contributed by atoms with van der Waals surface area (Å²) in [6.45, 7) is 3.95. The molecule has 0 amide bonds. The van der Waals surface area contributed by atoms with E-state index in [9.17, 15) is 0 Å². The summed E-state index contributed by atoms with van der Waals surface area (Å²) in [5.41, 5.74) is -0.161. The SMILES string of the molecule is COC1=NOC(C)(C)C1. The van der Waals surface area contributed by atoms with Crippen LogP contribution in [0.3, 0.4) is 0 Å². The van der Waals surface area contributed by atoms with Gasteiger partial charge in [0.15, 0.2) is 0 Å². The fourth-order valence-electron chi connectivity index (χ4n) is 0.713. The molecule has 1 aliphatic rings. The summed E-state index contributed by atoms with van der Waals surface area (Å²) in [4.78, 5) is 5.01. The Morgan fingerprint density at radius 1 is 1.67 bits per heavy atom. The Labute approximate surface area is 54.6 Å². The second-order valence-electron chi connectivity index (χ2n) is 2.72. The third-order valence-corrected chi connectivity index (χ3v) is 1.21. The van der Waals surface area contributed by atoms with E-state index in [2.05, 4.69) is 5.16 Å². The normalized spacial score (nSPS) is 22.8. The fourth-order valence-corrected chi connectivity index (χ4v) is 0.713. The molecule has 0 saturated carbocycles. The van der Waals surface area contributed by atoms with Gasteiger partial charge in [-0.05, 0) is 13.8 Å². The van der Waals surface area contributed by atoms with Gasteiger partial charge < -0.3 is 9.57 Å². The zero-order valence-corrected chi connectivity index (χ0v) is 5.97. The molecule has 1 heterocycles. The lowest BCUT2D eigenvalue weighted by atomic mass is 10.1. The summed E-state index contributed by atoms with van der Waals surface area (Å²) in [7, 11) is 1.60. The maximum Gasteiger partial charge on any atom is 0.229 e.